The summed E-state index contributed by atoms with van der Waals surface area (Å²) in [6, 6.07) is 9.69. The van der Waals surface area contributed by atoms with Crippen LogP contribution in [0.15, 0.2) is 41.3 Å². The van der Waals surface area contributed by atoms with Gasteiger partial charge in [-0.05, 0) is 38.5 Å². The SMILES string of the molecule is CCN(CCNC(=O)c1c[nH]c(C)cc1=O)c1cccc(C)c1. The lowest BCUT2D eigenvalue weighted by molar-refractivity contribution is 0.0953. The van der Waals surface area contributed by atoms with Gasteiger partial charge < -0.3 is 15.2 Å². The summed E-state index contributed by atoms with van der Waals surface area (Å²) in [6.45, 7) is 7.94. The van der Waals surface area contributed by atoms with Gasteiger partial charge in [0.05, 0.1) is 0 Å². The lowest BCUT2D eigenvalue weighted by Crippen LogP contribution is -2.36. The Morgan fingerprint density at radius 1 is 1.26 bits per heavy atom. The zero-order valence-corrected chi connectivity index (χ0v) is 13.8. The Kier molecular flexibility index (Phi) is 5.57. The maximum atomic E-state index is 12.1. The molecule has 1 aromatic carbocycles. The van der Waals surface area contributed by atoms with Gasteiger partial charge in [-0.25, -0.2) is 0 Å². The molecule has 5 heteroatoms. The molecule has 0 fully saturated rings. The standard InChI is InChI=1S/C18H23N3O2/c1-4-21(15-7-5-6-13(2)10-15)9-8-19-18(23)16-12-20-14(3)11-17(16)22/h5-7,10-12H,4,8-9H2,1-3H3,(H,19,23)(H,20,22). The fourth-order valence-corrected chi connectivity index (χ4v) is 2.44. The number of carbonyl (C=O) groups excluding carboxylic acids is 1. The molecule has 0 radical (unpaired) electrons. The molecule has 122 valence electrons. The van der Waals surface area contributed by atoms with Crippen molar-refractivity contribution >= 4 is 11.6 Å². The Morgan fingerprint density at radius 2 is 2.04 bits per heavy atom. The van der Waals surface area contributed by atoms with Crippen molar-refractivity contribution in [2.45, 2.75) is 20.8 Å². The molecule has 23 heavy (non-hydrogen) atoms. The number of carbonyl (C=O) groups is 1. The molecular formula is C18H23N3O2. The van der Waals surface area contributed by atoms with Crippen LogP contribution in [0.4, 0.5) is 5.69 Å². The average molecular weight is 313 g/mol. The predicted octanol–water partition coefficient (Wildman–Crippen LogP) is 2.25. The van der Waals surface area contributed by atoms with Gasteiger partial charge in [0.15, 0.2) is 5.43 Å². The molecule has 2 N–H and O–H groups in total. The van der Waals surface area contributed by atoms with E-state index in [1.54, 1.807) is 6.92 Å². The van der Waals surface area contributed by atoms with Crippen molar-refractivity contribution in [1.29, 1.82) is 0 Å². The van der Waals surface area contributed by atoms with Crippen LogP contribution in [0, 0.1) is 13.8 Å². The first-order valence-electron chi connectivity index (χ1n) is 7.80. The summed E-state index contributed by atoms with van der Waals surface area (Å²) in [4.78, 5) is 29.0. The summed E-state index contributed by atoms with van der Waals surface area (Å²) < 4.78 is 0. The largest absolute Gasteiger partial charge is 0.370 e. The molecule has 0 spiro atoms. The van der Waals surface area contributed by atoms with Gasteiger partial charge in [0.25, 0.3) is 5.91 Å². The number of hydrogen-bond acceptors (Lipinski definition) is 3. The van der Waals surface area contributed by atoms with Crippen LogP contribution in [0.5, 0.6) is 0 Å². The Hall–Kier alpha value is -2.56. The molecule has 2 aromatic rings. The van der Waals surface area contributed by atoms with E-state index < -0.39 is 0 Å². The number of pyridine rings is 1. The van der Waals surface area contributed by atoms with Gasteiger partial charge in [0.1, 0.15) is 5.56 Å². The number of aromatic nitrogens is 1. The molecule has 0 atom stereocenters. The van der Waals surface area contributed by atoms with Gasteiger partial charge in [-0.1, -0.05) is 12.1 Å². The molecule has 0 aliphatic rings. The maximum absolute atomic E-state index is 12.1. The number of aryl methyl sites for hydroxylation is 2. The van der Waals surface area contributed by atoms with E-state index in [4.69, 9.17) is 0 Å². The van der Waals surface area contributed by atoms with Crippen LogP contribution in [0.25, 0.3) is 0 Å². The third kappa shape index (κ3) is 4.45. The monoisotopic (exact) mass is 313 g/mol. The normalized spacial score (nSPS) is 10.4. The second-order valence-electron chi connectivity index (χ2n) is 5.57. The Labute approximate surface area is 136 Å². The Morgan fingerprint density at radius 3 is 2.70 bits per heavy atom. The van der Waals surface area contributed by atoms with E-state index in [1.165, 1.54) is 17.8 Å². The van der Waals surface area contributed by atoms with Gasteiger partial charge >= 0.3 is 0 Å². The predicted molar refractivity (Wildman–Crippen MR) is 93.2 cm³/mol. The summed E-state index contributed by atoms with van der Waals surface area (Å²) in [5, 5.41) is 2.81. The van der Waals surface area contributed by atoms with Gasteiger partial charge in [0, 0.05) is 43.3 Å². The van der Waals surface area contributed by atoms with Crippen LogP contribution in [-0.4, -0.2) is 30.5 Å². The maximum Gasteiger partial charge on any atom is 0.256 e. The number of anilines is 1. The number of rotatable bonds is 6. The van der Waals surface area contributed by atoms with E-state index in [-0.39, 0.29) is 16.9 Å². The minimum absolute atomic E-state index is 0.147. The highest BCUT2D eigenvalue weighted by molar-refractivity contribution is 5.93. The number of amides is 1. The van der Waals surface area contributed by atoms with Crippen LogP contribution >= 0.6 is 0 Å². The van der Waals surface area contributed by atoms with Crippen LogP contribution in [-0.2, 0) is 0 Å². The first-order valence-corrected chi connectivity index (χ1v) is 7.80. The van der Waals surface area contributed by atoms with Crippen LogP contribution in [0.1, 0.15) is 28.5 Å². The van der Waals surface area contributed by atoms with E-state index >= 15 is 0 Å². The lowest BCUT2D eigenvalue weighted by atomic mass is 10.2. The lowest BCUT2D eigenvalue weighted by Gasteiger charge is -2.23. The molecule has 1 aromatic heterocycles. The molecule has 0 aliphatic heterocycles. The summed E-state index contributed by atoms with van der Waals surface area (Å²) in [7, 11) is 0. The molecule has 1 amide bonds. The molecule has 0 aliphatic carbocycles. The Balaban J connectivity index is 1.95. The second-order valence-corrected chi connectivity index (χ2v) is 5.57. The third-order valence-corrected chi connectivity index (χ3v) is 3.72. The van der Waals surface area contributed by atoms with Crippen molar-refractivity contribution in [2.75, 3.05) is 24.5 Å². The average Bonchev–Trinajstić information content (AvgIpc) is 2.51. The zero-order valence-electron chi connectivity index (χ0n) is 13.8. The second kappa shape index (κ2) is 7.63. The molecule has 5 nitrogen and oxygen atoms in total. The van der Waals surface area contributed by atoms with Crippen molar-refractivity contribution in [2.24, 2.45) is 0 Å². The minimum atomic E-state index is -0.341. The van der Waals surface area contributed by atoms with E-state index in [2.05, 4.69) is 47.2 Å². The van der Waals surface area contributed by atoms with Gasteiger partial charge in [0.2, 0.25) is 0 Å². The van der Waals surface area contributed by atoms with Gasteiger partial charge in [-0.3, -0.25) is 9.59 Å². The first-order chi connectivity index (χ1) is 11.0. The van der Waals surface area contributed by atoms with Crippen LogP contribution < -0.4 is 15.6 Å². The third-order valence-electron chi connectivity index (χ3n) is 3.72. The highest BCUT2D eigenvalue weighted by atomic mass is 16.2. The molecule has 0 bridgehead atoms. The number of nitrogens with one attached hydrogen (secondary N) is 2. The number of H-pyrrole nitrogens is 1. The quantitative estimate of drug-likeness (QED) is 0.859. The molecule has 1 heterocycles. The fraction of sp³-hybridized carbons (Fsp3) is 0.333. The van der Waals surface area contributed by atoms with Gasteiger partial charge in [-0.2, -0.15) is 0 Å². The van der Waals surface area contributed by atoms with Crippen LogP contribution in [0.2, 0.25) is 0 Å². The number of aromatic amines is 1. The van der Waals surface area contributed by atoms with E-state index in [0.717, 1.165) is 17.9 Å². The summed E-state index contributed by atoms with van der Waals surface area (Å²) in [5.41, 5.74) is 2.97. The minimum Gasteiger partial charge on any atom is -0.370 e. The van der Waals surface area contributed by atoms with Crippen molar-refractivity contribution in [3.8, 4) is 0 Å². The van der Waals surface area contributed by atoms with E-state index in [1.807, 2.05) is 6.07 Å². The molecule has 2 rings (SSSR count). The highest BCUT2D eigenvalue weighted by Crippen LogP contribution is 2.14. The summed E-state index contributed by atoms with van der Waals surface area (Å²) >= 11 is 0. The number of benzene rings is 1. The van der Waals surface area contributed by atoms with Crippen molar-refractivity contribution < 1.29 is 4.79 Å². The van der Waals surface area contributed by atoms with E-state index in [0.29, 0.717) is 13.1 Å². The fourth-order valence-electron chi connectivity index (χ4n) is 2.44. The summed E-state index contributed by atoms with van der Waals surface area (Å²) in [6.07, 6.45) is 1.46. The van der Waals surface area contributed by atoms with Gasteiger partial charge in [-0.15, -0.1) is 0 Å². The smallest absolute Gasteiger partial charge is 0.256 e. The zero-order chi connectivity index (χ0) is 16.8. The van der Waals surface area contributed by atoms with Crippen molar-refractivity contribution in [3.63, 3.8) is 0 Å². The summed E-state index contributed by atoms with van der Waals surface area (Å²) in [5.74, 6) is -0.341. The number of hydrogen-bond donors (Lipinski definition) is 2. The van der Waals surface area contributed by atoms with Crippen LogP contribution in [0.3, 0.4) is 0 Å². The number of likely N-dealkylation sites (N-methyl/N-ethyl adjacent to an activating group) is 1. The molecule has 0 saturated heterocycles. The highest BCUT2D eigenvalue weighted by Gasteiger charge is 2.10. The van der Waals surface area contributed by atoms with E-state index in [9.17, 15) is 9.59 Å². The molecule has 0 saturated carbocycles. The van der Waals surface area contributed by atoms with Crippen molar-refractivity contribution in [1.82, 2.24) is 10.3 Å². The number of nitrogens with zero attached hydrogens (tertiary/aromatic N) is 1. The molecular weight excluding hydrogens is 290 g/mol. The topological polar surface area (TPSA) is 65.2 Å². The Bertz CT molecular complexity index is 737. The first kappa shape index (κ1) is 16.8. The molecule has 0 unspecified atom stereocenters. The van der Waals surface area contributed by atoms with Crippen molar-refractivity contribution in [3.05, 3.63) is 63.6 Å².